The van der Waals surface area contributed by atoms with Crippen LogP contribution in [0.2, 0.25) is 0 Å². The fourth-order valence-corrected chi connectivity index (χ4v) is 2.24. The molecule has 3 rings (SSSR count). The van der Waals surface area contributed by atoms with Crippen LogP contribution in [0.1, 0.15) is 25.7 Å². The average Bonchev–Trinajstić information content (AvgIpc) is 2.78. The zero-order chi connectivity index (χ0) is 12.4. The van der Waals surface area contributed by atoms with E-state index in [0.717, 1.165) is 18.8 Å². The standard InChI is InChI=1S/C11H17N7/c12-7-2-8-17(9-3-1-4-9)11-6-5-10-13-15-16-18(10)14-11/h5-6,9H,1-4,7-8,12H2. The molecule has 0 unspecified atom stereocenters. The number of nitrogens with zero attached hydrogens (tertiary/aromatic N) is 6. The lowest BCUT2D eigenvalue weighted by Crippen LogP contribution is -2.42. The molecule has 2 heterocycles. The molecule has 18 heavy (non-hydrogen) atoms. The third kappa shape index (κ3) is 2.01. The predicted octanol–water partition coefficient (Wildman–Crippen LogP) is 0.227. The van der Waals surface area contributed by atoms with Crippen molar-refractivity contribution in [3.8, 4) is 0 Å². The molecule has 0 spiro atoms. The van der Waals surface area contributed by atoms with Gasteiger partial charge in [0.1, 0.15) is 0 Å². The minimum Gasteiger partial charge on any atom is -0.352 e. The van der Waals surface area contributed by atoms with Crippen LogP contribution in [-0.4, -0.2) is 44.4 Å². The van der Waals surface area contributed by atoms with Crippen LogP contribution in [0.15, 0.2) is 12.1 Å². The summed E-state index contributed by atoms with van der Waals surface area (Å²) >= 11 is 0. The van der Waals surface area contributed by atoms with E-state index in [9.17, 15) is 0 Å². The zero-order valence-electron chi connectivity index (χ0n) is 10.2. The molecule has 7 nitrogen and oxygen atoms in total. The summed E-state index contributed by atoms with van der Waals surface area (Å²) in [7, 11) is 0. The molecule has 1 aliphatic rings. The normalized spacial score (nSPS) is 15.8. The number of fused-ring (bicyclic) bond motifs is 1. The van der Waals surface area contributed by atoms with Crippen molar-refractivity contribution >= 4 is 11.5 Å². The van der Waals surface area contributed by atoms with E-state index in [1.165, 1.54) is 23.9 Å². The molecule has 96 valence electrons. The van der Waals surface area contributed by atoms with Crippen molar-refractivity contribution in [1.29, 1.82) is 0 Å². The van der Waals surface area contributed by atoms with Crippen molar-refractivity contribution < 1.29 is 0 Å². The van der Waals surface area contributed by atoms with Gasteiger partial charge in [0.2, 0.25) is 0 Å². The number of anilines is 1. The Balaban J connectivity index is 1.86. The smallest absolute Gasteiger partial charge is 0.200 e. The summed E-state index contributed by atoms with van der Waals surface area (Å²) in [4.78, 5) is 2.33. The highest BCUT2D eigenvalue weighted by Gasteiger charge is 2.25. The highest BCUT2D eigenvalue weighted by atomic mass is 15.6. The SMILES string of the molecule is NCCCN(c1ccc2nnnn2n1)C1CCC1. The average molecular weight is 247 g/mol. The number of rotatable bonds is 5. The fraction of sp³-hybridized carbons (Fsp3) is 0.636. The Hall–Kier alpha value is -1.76. The first kappa shape index (κ1) is 11.3. The van der Waals surface area contributed by atoms with E-state index in [2.05, 4.69) is 25.5 Å². The number of tetrazole rings is 1. The Kier molecular flexibility index (Phi) is 3.06. The van der Waals surface area contributed by atoms with E-state index in [1.807, 2.05) is 12.1 Å². The van der Waals surface area contributed by atoms with Gasteiger partial charge in [-0.1, -0.05) is 0 Å². The van der Waals surface area contributed by atoms with Crippen molar-refractivity contribution in [3.05, 3.63) is 12.1 Å². The molecule has 0 amide bonds. The molecule has 0 atom stereocenters. The number of nitrogens with two attached hydrogens (primary N) is 1. The maximum atomic E-state index is 5.60. The molecular formula is C11H17N7. The van der Waals surface area contributed by atoms with Gasteiger partial charge in [-0.15, -0.1) is 14.8 Å². The summed E-state index contributed by atoms with van der Waals surface area (Å²) in [5, 5.41) is 15.8. The lowest BCUT2D eigenvalue weighted by atomic mass is 9.91. The Morgan fingerprint density at radius 1 is 1.39 bits per heavy atom. The third-order valence-electron chi connectivity index (χ3n) is 3.47. The molecule has 2 aromatic rings. The van der Waals surface area contributed by atoms with Crippen LogP contribution < -0.4 is 10.6 Å². The van der Waals surface area contributed by atoms with Crippen LogP contribution in [0.4, 0.5) is 5.82 Å². The van der Waals surface area contributed by atoms with Gasteiger partial charge in [-0.3, -0.25) is 0 Å². The Morgan fingerprint density at radius 2 is 2.28 bits per heavy atom. The van der Waals surface area contributed by atoms with Crippen LogP contribution in [0, 0.1) is 0 Å². The van der Waals surface area contributed by atoms with Crippen LogP contribution in [0.25, 0.3) is 5.65 Å². The quantitative estimate of drug-likeness (QED) is 0.814. The van der Waals surface area contributed by atoms with Gasteiger partial charge in [0.05, 0.1) is 0 Å². The van der Waals surface area contributed by atoms with E-state index >= 15 is 0 Å². The van der Waals surface area contributed by atoms with Gasteiger partial charge in [-0.25, -0.2) is 0 Å². The molecule has 0 aromatic carbocycles. The Labute approximate surface area is 105 Å². The Morgan fingerprint density at radius 3 is 3.00 bits per heavy atom. The van der Waals surface area contributed by atoms with Crippen molar-refractivity contribution in [3.63, 3.8) is 0 Å². The second-order valence-corrected chi connectivity index (χ2v) is 4.64. The van der Waals surface area contributed by atoms with Crippen LogP contribution in [0.3, 0.4) is 0 Å². The maximum Gasteiger partial charge on any atom is 0.200 e. The summed E-state index contributed by atoms with van der Waals surface area (Å²) in [6.45, 7) is 1.65. The fourth-order valence-electron chi connectivity index (χ4n) is 2.24. The highest BCUT2D eigenvalue weighted by Crippen LogP contribution is 2.28. The molecule has 0 aliphatic heterocycles. The number of aromatic nitrogens is 5. The van der Waals surface area contributed by atoms with E-state index in [-0.39, 0.29) is 0 Å². The molecular weight excluding hydrogens is 230 g/mol. The van der Waals surface area contributed by atoms with Crippen LogP contribution >= 0.6 is 0 Å². The van der Waals surface area contributed by atoms with Gasteiger partial charge in [0.25, 0.3) is 0 Å². The van der Waals surface area contributed by atoms with Crippen molar-refractivity contribution in [2.45, 2.75) is 31.7 Å². The van der Waals surface area contributed by atoms with Gasteiger partial charge in [0, 0.05) is 12.6 Å². The van der Waals surface area contributed by atoms with Gasteiger partial charge < -0.3 is 10.6 Å². The summed E-state index contributed by atoms with van der Waals surface area (Å²) in [5.41, 5.74) is 6.28. The number of hydrogen-bond acceptors (Lipinski definition) is 6. The second-order valence-electron chi connectivity index (χ2n) is 4.64. The van der Waals surface area contributed by atoms with Crippen LogP contribution in [-0.2, 0) is 0 Å². The van der Waals surface area contributed by atoms with Crippen molar-refractivity contribution in [1.82, 2.24) is 25.3 Å². The van der Waals surface area contributed by atoms with Crippen LogP contribution in [0.5, 0.6) is 0 Å². The van der Waals surface area contributed by atoms with Gasteiger partial charge in [-0.05, 0) is 54.8 Å². The monoisotopic (exact) mass is 247 g/mol. The second kappa shape index (κ2) is 4.85. The summed E-state index contributed by atoms with van der Waals surface area (Å²) in [6, 6.07) is 4.48. The molecule has 0 bridgehead atoms. The molecule has 1 fully saturated rings. The van der Waals surface area contributed by atoms with Gasteiger partial charge >= 0.3 is 0 Å². The molecule has 0 radical (unpaired) electrons. The first-order chi connectivity index (χ1) is 8.88. The molecule has 1 saturated carbocycles. The topological polar surface area (TPSA) is 85.2 Å². The Bertz CT molecular complexity index is 519. The van der Waals surface area contributed by atoms with E-state index in [1.54, 1.807) is 0 Å². The molecule has 7 heteroatoms. The first-order valence-electron chi connectivity index (χ1n) is 6.40. The highest BCUT2D eigenvalue weighted by molar-refractivity contribution is 5.45. The maximum absolute atomic E-state index is 5.60. The van der Waals surface area contributed by atoms with Crippen molar-refractivity contribution in [2.24, 2.45) is 5.73 Å². The minimum absolute atomic E-state index is 0.595. The van der Waals surface area contributed by atoms with Gasteiger partial charge in [0.15, 0.2) is 11.5 Å². The largest absolute Gasteiger partial charge is 0.352 e. The van der Waals surface area contributed by atoms with E-state index in [4.69, 9.17) is 5.73 Å². The van der Waals surface area contributed by atoms with Gasteiger partial charge in [-0.2, -0.15) is 0 Å². The first-order valence-corrected chi connectivity index (χ1v) is 6.40. The molecule has 2 aromatic heterocycles. The zero-order valence-corrected chi connectivity index (χ0v) is 10.2. The molecule has 2 N–H and O–H groups in total. The molecule has 1 aliphatic carbocycles. The predicted molar refractivity (Wildman–Crippen MR) is 67.2 cm³/mol. The summed E-state index contributed by atoms with van der Waals surface area (Å²) in [5.74, 6) is 0.938. The van der Waals surface area contributed by atoms with Crippen molar-refractivity contribution in [2.75, 3.05) is 18.0 Å². The number of hydrogen-bond donors (Lipinski definition) is 1. The lowest BCUT2D eigenvalue weighted by Gasteiger charge is -2.38. The molecule has 0 saturated heterocycles. The minimum atomic E-state index is 0.595. The lowest BCUT2D eigenvalue weighted by molar-refractivity contribution is 0.381. The summed E-state index contributed by atoms with van der Waals surface area (Å²) in [6.07, 6.45) is 4.75. The van der Waals surface area contributed by atoms with E-state index < -0.39 is 0 Å². The third-order valence-corrected chi connectivity index (χ3v) is 3.47. The summed E-state index contributed by atoms with van der Waals surface area (Å²) < 4.78 is 1.48. The van der Waals surface area contributed by atoms with E-state index in [0.29, 0.717) is 18.2 Å².